The normalized spacial score (nSPS) is 51.3. The SMILES string of the molecule is O=C1OC(=O)C2C1C1C=CC2(F)C1. The molecule has 3 nitrogen and oxygen atoms in total. The van der Waals surface area contributed by atoms with Crippen molar-refractivity contribution in [3.05, 3.63) is 12.2 Å². The number of hydrogen-bond acceptors (Lipinski definition) is 3. The number of fused-ring (bicyclic) bond motifs is 5. The Labute approximate surface area is 73.6 Å². The van der Waals surface area contributed by atoms with Crippen LogP contribution in [0.25, 0.3) is 0 Å². The molecule has 0 amide bonds. The molecule has 4 unspecified atom stereocenters. The zero-order chi connectivity index (χ0) is 9.22. The van der Waals surface area contributed by atoms with Crippen LogP contribution in [0.15, 0.2) is 12.2 Å². The number of hydrogen-bond donors (Lipinski definition) is 0. The summed E-state index contributed by atoms with van der Waals surface area (Å²) in [6, 6.07) is 0. The van der Waals surface area contributed by atoms with Crippen molar-refractivity contribution in [2.24, 2.45) is 17.8 Å². The Morgan fingerprint density at radius 3 is 2.92 bits per heavy atom. The highest BCUT2D eigenvalue weighted by atomic mass is 19.1. The molecule has 4 atom stereocenters. The van der Waals surface area contributed by atoms with Crippen LogP contribution in [0.1, 0.15) is 6.42 Å². The van der Waals surface area contributed by atoms with Crippen molar-refractivity contribution < 1.29 is 18.7 Å². The lowest BCUT2D eigenvalue weighted by Gasteiger charge is -2.18. The number of rotatable bonds is 0. The summed E-state index contributed by atoms with van der Waals surface area (Å²) in [6.07, 6.45) is 3.35. The molecular weight excluding hydrogens is 175 g/mol. The van der Waals surface area contributed by atoms with Crippen LogP contribution in [0, 0.1) is 17.8 Å². The second kappa shape index (κ2) is 1.84. The van der Waals surface area contributed by atoms with Crippen molar-refractivity contribution >= 4 is 11.9 Å². The molecule has 1 saturated carbocycles. The summed E-state index contributed by atoms with van der Waals surface area (Å²) in [5.41, 5.74) is -1.61. The fourth-order valence-corrected chi connectivity index (χ4v) is 2.69. The van der Waals surface area contributed by atoms with Crippen molar-refractivity contribution in [2.75, 3.05) is 0 Å². The van der Waals surface area contributed by atoms with E-state index >= 15 is 0 Å². The van der Waals surface area contributed by atoms with E-state index in [1.54, 1.807) is 6.08 Å². The van der Waals surface area contributed by atoms with Crippen LogP contribution < -0.4 is 0 Å². The van der Waals surface area contributed by atoms with E-state index in [4.69, 9.17) is 0 Å². The summed E-state index contributed by atoms with van der Waals surface area (Å²) in [5, 5.41) is 0. The largest absolute Gasteiger partial charge is 0.393 e. The Kier molecular flexibility index (Phi) is 1.02. The van der Waals surface area contributed by atoms with E-state index in [-0.39, 0.29) is 12.3 Å². The smallest absolute Gasteiger partial charge is 0.321 e. The van der Waals surface area contributed by atoms with E-state index in [9.17, 15) is 14.0 Å². The molecule has 13 heavy (non-hydrogen) atoms. The molecule has 2 fully saturated rings. The minimum atomic E-state index is -1.61. The number of halogens is 1. The fourth-order valence-electron chi connectivity index (χ4n) is 2.69. The number of alkyl halides is 1. The molecule has 1 saturated heterocycles. The Morgan fingerprint density at radius 1 is 1.46 bits per heavy atom. The van der Waals surface area contributed by atoms with E-state index < -0.39 is 29.4 Å². The van der Waals surface area contributed by atoms with E-state index in [0.717, 1.165) is 0 Å². The first-order chi connectivity index (χ1) is 6.12. The Hall–Kier alpha value is -1.19. The third kappa shape index (κ3) is 0.654. The number of allylic oxidation sites excluding steroid dienone is 2. The molecule has 0 aromatic heterocycles. The highest BCUT2D eigenvalue weighted by Gasteiger charge is 2.66. The maximum atomic E-state index is 13.9. The van der Waals surface area contributed by atoms with Crippen molar-refractivity contribution in [3.8, 4) is 0 Å². The molecule has 0 N–H and O–H groups in total. The Balaban J connectivity index is 2.13. The molecule has 0 aromatic carbocycles. The first kappa shape index (κ1) is 7.24. The summed E-state index contributed by atoms with van der Waals surface area (Å²) in [6.45, 7) is 0. The Morgan fingerprint density at radius 2 is 2.23 bits per heavy atom. The van der Waals surface area contributed by atoms with Gasteiger partial charge in [-0.05, 0) is 12.3 Å². The Bertz CT molecular complexity index is 349. The molecule has 4 heteroatoms. The summed E-state index contributed by atoms with van der Waals surface area (Å²) >= 11 is 0. The van der Waals surface area contributed by atoms with Crippen molar-refractivity contribution in [3.63, 3.8) is 0 Å². The molecule has 2 aliphatic carbocycles. The monoisotopic (exact) mass is 182 g/mol. The van der Waals surface area contributed by atoms with E-state index in [0.29, 0.717) is 0 Å². The average molecular weight is 182 g/mol. The molecule has 68 valence electrons. The predicted octanol–water partition coefficient (Wildman–Crippen LogP) is 0.600. The van der Waals surface area contributed by atoms with E-state index in [1.165, 1.54) is 6.08 Å². The van der Waals surface area contributed by atoms with Gasteiger partial charge in [0.15, 0.2) is 0 Å². The quantitative estimate of drug-likeness (QED) is 0.313. The third-order valence-corrected chi connectivity index (χ3v) is 3.23. The van der Waals surface area contributed by atoms with Gasteiger partial charge in [-0.25, -0.2) is 4.39 Å². The summed E-state index contributed by atoms with van der Waals surface area (Å²) in [4.78, 5) is 22.3. The van der Waals surface area contributed by atoms with Crippen LogP contribution in [0.4, 0.5) is 4.39 Å². The van der Waals surface area contributed by atoms with Crippen LogP contribution in [0.3, 0.4) is 0 Å². The highest BCUT2D eigenvalue weighted by molar-refractivity contribution is 5.98. The highest BCUT2D eigenvalue weighted by Crippen LogP contribution is 2.56. The van der Waals surface area contributed by atoms with Gasteiger partial charge in [0.1, 0.15) is 11.6 Å². The summed E-state index contributed by atoms with van der Waals surface area (Å²) < 4.78 is 18.3. The van der Waals surface area contributed by atoms with Crippen molar-refractivity contribution in [1.29, 1.82) is 0 Å². The van der Waals surface area contributed by atoms with Crippen molar-refractivity contribution in [2.45, 2.75) is 12.1 Å². The van der Waals surface area contributed by atoms with Crippen LogP contribution >= 0.6 is 0 Å². The average Bonchev–Trinajstić information content (AvgIpc) is 2.62. The van der Waals surface area contributed by atoms with Gasteiger partial charge in [0.05, 0.1) is 5.92 Å². The zero-order valence-corrected chi connectivity index (χ0v) is 6.70. The molecule has 3 aliphatic rings. The number of carbonyl (C=O) groups excluding carboxylic acids is 2. The maximum absolute atomic E-state index is 13.9. The van der Waals surface area contributed by atoms with Crippen LogP contribution in [0.5, 0.6) is 0 Å². The van der Waals surface area contributed by atoms with E-state index in [2.05, 4.69) is 4.74 Å². The first-order valence-corrected chi connectivity index (χ1v) is 4.26. The van der Waals surface area contributed by atoms with Gasteiger partial charge in [-0.2, -0.15) is 0 Å². The van der Waals surface area contributed by atoms with Gasteiger partial charge in [-0.1, -0.05) is 12.2 Å². The minimum absolute atomic E-state index is 0.131. The second-order valence-corrected chi connectivity index (χ2v) is 3.90. The van der Waals surface area contributed by atoms with Crippen LogP contribution in [0.2, 0.25) is 0 Å². The topological polar surface area (TPSA) is 43.4 Å². The van der Waals surface area contributed by atoms with Gasteiger partial charge in [-0.15, -0.1) is 0 Å². The van der Waals surface area contributed by atoms with Gasteiger partial charge >= 0.3 is 11.9 Å². The van der Waals surface area contributed by atoms with Crippen LogP contribution in [-0.2, 0) is 14.3 Å². The van der Waals surface area contributed by atoms with Gasteiger partial charge in [0.25, 0.3) is 0 Å². The molecule has 1 heterocycles. The number of esters is 2. The molecule has 0 spiro atoms. The molecule has 1 aliphatic heterocycles. The lowest BCUT2D eigenvalue weighted by Crippen LogP contribution is -2.32. The van der Waals surface area contributed by atoms with Gasteiger partial charge in [0, 0.05) is 0 Å². The molecule has 0 aromatic rings. The third-order valence-electron chi connectivity index (χ3n) is 3.23. The number of ether oxygens (including phenoxy) is 1. The number of cyclic esters (lactones) is 2. The second-order valence-electron chi connectivity index (χ2n) is 3.90. The summed E-state index contributed by atoms with van der Waals surface area (Å²) in [7, 11) is 0. The minimum Gasteiger partial charge on any atom is -0.393 e. The molecule has 2 bridgehead atoms. The zero-order valence-electron chi connectivity index (χ0n) is 6.70. The number of carbonyl (C=O) groups is 2. The maximum Gasteiger partial charge on any atom is 0.321 e. The van der Waals surface area contributed by atoms with Crippen LogP contribution in [-0.4, -0.2) is 17.6 Å². The van der Waals surface area contributed by atoms with Gasteiger partial charge < -0.3 is 4.74 Å². The summed E-state index contributed by atoms with van der Waals surface area (Å²) in [5.74, 6) is -2.79. The lowest BCUT2D eigenvalue weighted by atomic mass is 9.84. The van der Waals surface area contributed by atoms with Crippen molar-refractivity contribution in [1.82, 2.24) is 0 Å². The lowest BCUT2D eigenvalue weighted by molar-refractivity contribution is -0.155. The van der Waals surface area contributed by atoms with Gasteiger partial charge in [0.2, 0.25) is 0 Å². The van der Waals surface area contributed by atoms with Gasteiger partial charge in [-0.3, -0.25) is 9.59 Å². The standard InChI is InChI=1S/C9H7FO3/c10-9-2-1-4(3-9)5-6(9)8(12)13-7(5)11/h1-2,4-6H,3H2. The predicted molar refractivity (Wildman–Crippen MR) is 39.2 cm³/mol. The fraction of sp³-hybridized carbons (Fsp3) is 0.556. The first-order valence-electron chi connectivity index (χ1n) is 4.26. The molecular formula is C9H7FO3. The molecule has 3 rings (SSSR count). The molecule has 0 radical (unpaired) electrons. The van der Waals surface area contributed by atoms with E-state index in [1.807, 2.05) is 0 Å².